The van der Waals surface area contributed by atoms with Gasteiger partial charge in [-0.3, -0.25) is 4.79 Å². The lowest BCUT2D eigenvalue weighted by Crippen LogP contribution is -2.28. The van der Waals surface area contributed by atoms with E-state index in [1.165, 1.54) is 20.0 Å². The first-order valence-electron chi connectivity index (χ1n) is 7.82. The van der Waals surface area contributed by atoms with Crippen LogP contribution >= 0.6 is 0 Å². The maximum absolute atomic E-state index is 12.6. The Hall–Kier alpha value is -2.39. The normalized spacial score (nSPS) is 18.2. The summed E-state index contributed by atoms with van der Waals surface area (Å²) < 4.78 is 6.81. The van der Waals surface area contributed by atoms with Gasteiger partial charge in [-0.05, 0) is 45.0 Å². The maximum Gasteiger partial charge on any atom is 0.260 e. The van der Waals surface area contributed by atoms with Gasteiger partial charge in [0.25, 0.3) is 5.56 Å². The lowest BCUT2D eigenvalue weighted by atomic mass is 10.1. The van der Waals surface area contributed by atoms with Gasteiger partial charge in [0, 0.05) is 18.8 Å². The molecule has 1 atom stereocenters. The number of ether oxygens (including phenoxy) is 1. The molecule has 0 saturated carbocycles. The monoisotopic (exact) mass is 312 g/mol. The summed E-state index contributed by atoms with van der Waals surface area (Å²) in [5.74, 6) is 0.254. The van der Waals surface area contributed by atoms with Gasteiger partial charge >= 0.3 is 0 Å². The van der Waals surface area contributed by atoms with Crippen molar-refractivity contribution in [2.75, 3.05) is 20.7 Å². The predicted molar refractivity (Wildman–Crippen MR) is 87.5 cm³/mol. The van der Waals surface area contributed by atoms with E-state index in [-0.39, 0.29) is 17.0 Å². The van der Waals surface area contributed by atoms with Crippen LogP contribution in [-0.2, 0) is 6.54 Å². The molecule has 3 heterocycles. The molecule has 0 bridgehead atoms. The molecule has 0 aromatic carbocycles. The zero-order chi connectivity index (χ0) is 16.4. The van der Waals surface area contributed by atoms with Crippen molar-refractivity contribution in [1.29, 1.82) is 5.26 Å². The summed E-state index contributed by atoms with van der Waals surface area (Å²) in [6.45, 7) is 1.81. The van der Waals surface area contributed by atoms with E-state index in [0.29, 0.717) is 23.5 Å². The largest absolute Gasteiger partial charge is 0.480 e. The van der Waals surface area contributed by atoms with Gasteiger partial charge in [0.2, 0.25) is 5.88 Å². The van der Waals surface area contributed by atoms with Crippen LogP contribution in [0.2, 0.25) is 0 Å². The van der Waals surface area contributed by atoms with Crippen LogP contribution in [0.25, 0.3) is 10.9 Å². The number of fused-ring (bicyclic) bond motifs is 1. The van der Waals surface area contributed by atoms with Crippen molar-refractivity contribution in [2.24, 2.45) is 0 Å². The van der Waals surface area contributed by atoms with E-state index in [4.69, 9.17) is 10.00 Å². The Morgan fingerprint density at radius 3 is 3.00 bits per heavy atom. The topological polar surface area (TPSA) is 71.2 Å². The molecule has 0 amide bonds. The summed E-state index contributed by atoms with van der Waals surface area (Å²) in [4.78, 5) is 19.2. The van der Waals surface area contributed by atoms with Crippen molar-refractivity contribution in [2.45, 2.75) is 31.8 Å². The van der Waals surface area contributed by atoms with E-state index >= 15 is 0 Å². The van der Waals surface area contributed by atoms with E-state index in [1.807, 2.05) is 6.07 Å². The van der Waals surface area contributed by atoms with Crippen LogP contribution in [0.1, 0.15) is 24.8 Å². The van der Waals surface area contributed by atoms with E-state index in [9.17, 15) is 4.79 Å². The van der Waals surface area contributed by atoms with Crippen LogP contribution < -0.4 is 10.3 Å². The van der Waals surface area contributed by atoms with Crippen molar-refractivity contribution in [3.63, 3.8) is 0 Å². The summed E-state index contributed by atoms with van der Waals surface area (Å²) in [7, 11) is 3.60. The molecule has 6 heteroatoms. The molecule has 0 spiro atoms. The Morgan fingerprint density at radius 2 is 2.35 bits per heavy atom. The summed E-state index contributed by atoms with van der Waals surface area (Å²) in [5.41, 5.74) is 0.736. The minimum Gasteiger partial charge on any atom is -0.480 e. The van der Waals surface area contributed by atoms with Gasteiger partial charge in [0.1, 0.15) is 11.6 Å². The fraction of sp³-hybridized carbons (Fsp3) is 0.471. The van der Waals surface area contributed by atoms with Crippen molar-refractivity contribution >= 4 is 10.9 Å². The van der Waals surface area contributed by atoms with Crippen molar-refractivity contribution in [3.05, 3.63) is 34.2 Å². The molecule has 1 fully saturated rings. The number of rotatable bonds is 4. The molecule has 1 aliphatic rings. The van der Waals surface area contributed by atoms with E-state index in [0.717, 1.165) is 13.0 Å². The highest BCUT2D eigenvalue weighted by Crippen LogP contribution is 2.20. The third-order valence-electron chi connectivity index (χ3n) is 4.61. The molecule has 0 aliphatic carbocycles. The molecule has 0 N–H and O–H groups in total. The summed E-state index contributed by atoms with van der Waals surface area (Å²) in [5, 5.41) is 9.62. The Labute approximate surface area is 134 Å². The molecular formula is C17H20N4O2. The fourth-order valence-electron chi connectivity index (χ4n) is 3.24. The molecule has 1 unspecified atom stereocenters. The quantitative estimate of drug-likeness (QED) is 0.860. The standard InChI is InChI=1S/C17H20N4O2/c1-20-7-3-4-13(20)5-8-21-9-6-15-14(17(21)22)10-12(11-18)16(19-15)23-2/h6,9-10,13H,3-5,7-8H2,1-2H3. The van der Waals surface area contributed by atoms with Crippen LogP contribution in [0.5, 0.6) is 5.88 Å². The highest BCUT2D eigenvalue weighted by atomic mass is 16.5. The number of pyridine rings is 2. The number of hydrogen-bond donors (Lipinski definition) is 0. The SMILES string of the molecule is COc1nc2ccn(CCC3CCCN3C)c(=O)c2cc1C#N. The smallest absolute Gasteiger partial charge is 0.260 e. The molecular weight excluding hydrogens is 292 g/mol. The van der Waals surface area contributed by atoms with Crippen molar-refractivity contribution in [3.8, 4) is 11.9 Å². The van der Waals surface area contributed by atoms with Crippen LogP contribution in [0.4, 0.5) is 0 Å². The fourth-order valence-corrected chi connectivity index (χ4v) is 3.24. The van der Waals surface area contributed by atoms with Crippen LogP contribution in [-0.4, -0.2) is 41.2 Å². The Kier molecular flexibility index (Phi) is 4.30. The third kappa shape index (κ3) is 2.92. The van der Waals surface area contributed by atoms with Gasteiger partial charge < -0.3 is 14.2 Å². The molecule has 6 nitrogen and oxygen atoms in total. The predicted octanol–water partition coefficient (Wildman–Crippen LogP) is 1.76. The maximum atomic E-state index is 12.6. The van der Waals surface area contributed by atoms with Crippen LogP contribution in [0, 0.1) is 11.3 Å². The van der Waals surface area contributed by atoms with Crippen LogP contribution in [0.3, 0.4) is 0 Å². The summed E-state index contributed by atoms with van der Waals surface area (Å²) >= 11 is 0. The van der Waals surface area contributed by atoms with E-state index in [1.54, 1.807) is 22.9 Å². The number of likely N-dealkylation sites (tertiary alicyclic amines) is 1. The van der Waals surface area contributed by atoms with Gasteiger partial charge in [0.05, 0.1) is 18.0 Å². The molecule has 2 aromatic rings. The number of nitriles is 1. The third-order valence-corrected chi connectivity index (χ3v) is 4.61. The molecule has 1 aliphatic heterocycles. The number of nitrogens with zero attached hydrogens (tertiary/aromatic N) is 4. The average molecular weight is 312 g/mol. The first-order chi connectivity index (χ1) is 11.1. The number of aryl methyl sites for hydroxylation is 1. The molecule has 2 aromatic heterocycles. The highest BCUT2D eigenvalue weighted by molar-refractivity contribution is 5.79. The first-order valence-corrected chi connectivity index (χ1v) is 7.82. The second kappa shape index (κ2) is 6.39. The molecule has 23 heavy (non-hydrogen) atoms. The van der Waals surface area contributed by atoms with Crippen LogP contribution in [0.15, 0.2) is 23.1 Å². The Bertz CT molecular complexity index is 822. The average Bonchev–Trinajstić information content (AvgIpc) is 2.98. The van der Waals surface area contributed by atoms with E-state index in [2.05, 4.69) is 16.9 Å². The summed E-state index contributed by atoms with van der Waals surface area (Å²) in [6, 6.07) is 5.94. The van der Waals surface area contributed by atoms with E-state index < -0.39 is 0 Å². The number of methoxy groups -OCH3 is 1. The lowest BCUT2D eigenvalue weighted by molar-refractivity contribution is 0.285. The number of hydrogen-bond acceptors (Lipinski definition) is 5. The minimum atomic E-state index is -0.102. The van der Waals surface area contributed by atoms with Gasteiger partial charge in [-0.25, -0.2) is 4.98 Å². The second-order valence-corrected chi connectivity index (χ2v) is 5.97. The van der Waals surface area contributed by atoms with Gasteiger partial charge in [-0.2, -0.15) is 5.26 Å². The lowest BCUT2D eigenvalue weighted by Gasteiger charge is -2.19. The van der Waals surface area contributed by atoms with Crippen molar-refractivity contribution in [1.82, 2.24) is 14.5 Å². The Balaban J connectivity index is 1.92. The highest BCUT2D eigenvalue weighted by Gasteiger charge is 2.20. The minimum absolute atomic E-state index is 0.102. The molecule has 0 radical (unpaired) electrons. The molecule has 1 saturated heterocycles. The summed E-state index contributed by atoms with van der Waals surface area (Å²) in [6.07, 6.45) is 5.15. The molecule has 120 valence electrons. The second-order valence-electron chi connectivity index (χ2n) is 5.97. The number of aromatic nitrogens is 2. The van der Waals surface area contributed by atoms with Crippen molar-refractivity contribution < 1.29 is 4.74 Å². The molecule has 3 rings (SSSR count). The van der Waals surface area contributed by atoms with Gasteiger partial charge in [0.15, 0.2) is 0 Å². The zero-order valence-electron chi connectivity index (χ0n) is 13.5. The Morgan fingerprint density at radius 1 is 1.52 bits per heavy atom. The first kappa shape index (κ1) is 15.5. The van der Waals surface area contributed by atoms with Gasteiger partial charge in [-0.15, -0.1) is 0 Å². The van der Waals surface area contributed by atoms with Gasteiger partial charge in [-0.1, -0.05) is 0 Å². The zero-order valence-corrected chi connectivity index (χ0v) is 13.5.